The molecule has 1 N–H and O–H groups in total. The zero-order valence-electron chi connectivity index (χ0n) is 16.9. The van der Waals surface area contributed by atoms with Gasteiger partial charge in [0.25, 0.3) is 5.91 Å². The van der Waals surface area contributed by atoms with Crippen LogP contribution in [-0.4, -0.2) is 46.0 Å². The summed E-state index contributed by atoms with van der Waals surface area (Å²) >= 11 is 7.45. The predicted octanol–water partition coefficient (Wildman–Crippen LogP) is 3.69. The Morgan fingerprint density at radius 3 is 2.53 bits per heavy atom. The zero-order chi connectivity index (χ0) is 22.3. The Morgan fingerprint density at radius 2 is 1.93 bits per heavy atom. The van der Waals surface area contributed by atoms with E-state index in [1.807, 2.05) is 0 Å². The average molecular weight is 475 g/mol. The summed E-state index contributed by atoms with van der Waals surface area (Å²) in [5.74, 6) is 0.843. The van der Waals surface area contributed by atoms with Crippen LogP contribution in [-0.2, 0) is 20.6 Å². The van der Waals surface area contributed by atoms with Crippen LogP contribution in [0.4, 0.5) is 10.1 Å². The van der Waals surface area contributed by atoms with Gasteiger partial charge in [0.05, 0.1) is 11.9 Å². The lowest BCUT2D eigenvalue weighted by atomic mass is 10.2. The molecule has 2 aromatic rings. The van der Waals surface area contributed by atoms with Crippen molar-refractivity contribution < 1.29 is 22.3 Å². The molecule has 0 bridgehead atoms. The lowest BCUT2D eigenvalue weighted by Crippen LogP contribution is -2.37. The summed E-state index contributed by atoms with van der Waals surface area (Å²) in [6.45, 7) is 2.03. The van der Waals surface area contributed by atoms with Crippen molar-refractivity contribution in [2.45, 2.75) is 18.8 Å². The number of hydrogen-bond donors (Lipinski definition) is 1. The van der Waals surface area contributed by atoms with Crippen molar-refractivity contribution in [2.24, 2.45) is 0 Å². The van der Waals surface area contributed by atoms with Gasteiger partial charge in [-0.1, -0.05) is 17.7 Å². The minimum absolute atomic E-state index is 0.281. The number of nitrogens with one attached hydrogen (secondary N) is 1. The maximum Gasteiger partial charge on any atom is 0.260 e. The van der Waals surface area contributed by atoms with Crippen LogP contribution in [0, 0.1) is 5.82 Å². The molecule has 0 saturated heterocycles. The van der Waals surface area contributed by atoms with E-state index in [2.05, 4.69) is 5.32 Å². The predicted molar refractivity (Wildman–Crippen MR) is 120 cm³/mol. The van der Waals surface area contributed by atoms with Gasteiger partial charge in [0.2, 0.25) is 10.0 Å². The van der Waals surface area contributed by atoms with Crippen LogP contribution in [0.15, 0.2) is 42.5 Å². The monoisotopic (exact) mass is 474 g/mol. The molecule has 6 nitrogen and oxygen atoms in total. The Labute approximate surface area is 185 Å². The molecule has 0 spiro atoms. The third-order valence-corrected chi connectivity index (χ3v) is 6.78. The van der Waals surface area contributed by atoms with E-state index in [1.54, 1.807) is 43.3 Å². The fraction of sp³-hybridized carbons (Fsp3) is 0.350. The number of hydrogen-bond acceptors (Lipinski definition) is 5. The molecule has 0 aliphatic carbocycles. The standard InChI is InChI=1S/C20H24ClFN2O4S2/c1-14(28-16-9-7-15(8-10-16)24(2)30(3,26)27)20(25)23-11-12-29-13-17-18(21)5-4-6-19(17)22/h4-10,14H,11-13H2,1-3H3,(H,23,25). The summed E-state index contributed by atoms with van der Waals surface area (Å²) < 4.78 is 43.6. The van der Waals surface area contributed by atoms with Crippen molar-refractivity contribution in [1.29, 1.82) is 0 Å². The molecule has 164 valence electrons. The van der Waals surface area contributed by atoms with Crippen LogP contribution in [0.1, 0.15) is 12.5 Å². The van der Waals surface area contributed by atoms with Gasteiger partial charge in [-0.25, -0.2) is 12.8 Å². The van der Waals surface area contributed by atoms with Gasteiger partial charge in [-0.2, -0.15) is 11.8 Å². The summed E-state index contributed by atoms with van der Waals surface area (Å²) in [5, 5.41) is 3.16. The highest BCUT2D eigenvalue weighted by atomic mass is 35.5. The number of sulfonamides is 1. The molecule has 2 rings (SSSR count). The second-order valence-electron chi connectivity index (χ2n) is 6.53. The maximum absolute atomic E-state index is 13.7. The molecule has 1 atom stereocenters. The first-order valence-corrected chi connectivity index (χ1v) is 12.5. The third kappa shape index (κ3) is 7.07. The molecule has 0 aliphatic heterocycles. The van der Waals surface area contributed by atoms with Gasteiger partial charge in [-0.05, 0) is 43.3 Å². The number of ether oxygens (including phenoxy) is 1. The Balaban J connectivity index is 1.75. The second kappa shape index (κ2) is 10.9. The lowest BCUT2D eigenvalue weighted by Gasteiger charge is -2.18. The molecule has 30 heavy (non-hydrogen) atoms. The van der Waals surface area contributed by atoms with Gasteiger partial charge >= 0.3 is 0 Å². The molecular weight excluding hydrogens is 451 g/mol. The minimum Gasteiger partial charge on any atom is -0.481 e. The summed E-state index contributed by atoms with van der Waals surface area (Å²) in [5.41, 5.74) is 0.950. The molecule has 10 heteroatoms. The largest absolute Gasteiger partial charge is 0.481 e. The van der Waals surface area contributed by atoms with E-state index in [0.717, 1.165) is 10.6 Å². The van der Waals surface area contributed by atoms with Gasteiger partial charge in [-0.15, -0.1) is 0 Å². The number of amides is 1. The molecular formula is C20H24ClFN2O4S2. The van der Waals surface area contributed by atoms with Crippen molar-refractivity contribution in [3.63, 3.8) is 0 Å². The summed E-state index contributed by atoms with van der Waals surface area (Å²) in [6.07, 6.45) is 0.391. The van der Waals surface area contributed by atoms with E-state index >= 15 is 0 Å². The zero-order valence-corrected chi connectivity index (χ0v) is 19.3. The van der Waals surface area contributed by atoms with Gasteiger partial charge in [0.1, 0.15) is 11.6 Å². The number of halogens is 2. The summed E-state index contributed by atoms with van der Waals surface area (Å²) in [7, 11) is -1.89. The molecule has 0 saturated carbocycles. The fourth-order valence-corrected chi connectivity index (χ4v) is 4.12. The SMILES string of the molecule is CC(Oc1ccc(N(C)S(C)(=O)=O)cc1)C(=O)NCCSCc1c(F)cccc1Cl. The average Bonchev–Trinajstić information content (AvgIpc) is 2.68. The topological polar surface area (TPSA) is 75.7 Å². The van der Waals surface area contributed by atoms with E-state index in [1.165, 1.54) is 24.9 Å². The number of anilines is 1. The lowest BCUT2D eigenvalue weighted by molar-refractivity contribution is -0.127. The van der Waals surface area contributed by atoms with Crippen LogP contribution < -0.4 is 14.4 Å². The van der Waals surface area contributed by atoms with E-state index in [-0.39, 0.29) is 11.7 Å². The first-order valence-electron chi connectivity index (χ1n) is 9.08. The number of thioether (sulfide) groups is 1. The molecule has 0 radical (unpaired) electrons. The van der Waals surface area contributed by atoms with Crippen molar-refractivity contribution in [2.75, 3.05) is 29.9 Å². The van der Waals surface area contributed by atoms with Crippen LogP contribution in [0.3, 0.4) is 0 Å². The molecule has 0 aliphatic rings. The Bertz CT molecular complexity index is 951. The molecule has 2 aromatic carbocycles. The van der Waals surface area contributed by atoms with Gasteiger partial charge in [0.15, 0.2) is 6.10 Å². The normalized spacial score (nSPS) is 12.3. The van der Waals surface area contributed by atoms with E-state index in [9.17, 15) is 17.6 Å². The van der Waals surface area contributed by atoms with Gasteiger partial charge < -0.3 is 10.1 Å². The third-order valence-electron chi connectivity index (χ3n) is 4.23. The summed E-state index contributed by atoms with van der Waals surface area (Å²) in [6, 6.07) is 11.0. The first kappa shape index (κ1) is 24.3. The molecule has 0 aromatic heterocycles. The van der Waals surface area contributed by atoms with Gasteiger partial charge in [-0.3, -0.25) is 9.10 Å². The number of benzene rings is 2. The van der Waals surface area contributed by atoms with Gasteiger partial charge in [0, 0.05) is 35.7 Å². The maximum atomic E-state index is 13.7. The molecule has 0 fully saturated rings. The number of carbonyl (C=O) groups is 1. The molecule has 0 heterocycles. The molecule has 1 amide bonds. The van der Waals surface area contributed by atoms with Crippen LogP contribution >= 0.6 is 23.4 Å². The van der Waals surface area contributed by atoms with Crippen molar-refractivity contribution in [3.05, 3.63) is 58.9 Å². The fourth-order valence-electron chi connectivity index (χ4n) is 2.42. The Kier molecular flexibility index (Phi) is 8.81. The minimum atomic E-state index is -3.34. The summed E-state index contributed by atoms with van der Waals surface area (Å²) in [4.78, 5) is 12.2. The van der Waals surface area contributed by atoms with E-state index in [0.29, 0.717) is 40.1 Å². The van der Waals surface area contributed by atoms with Crippen LogP contribution in [0.2, 0.25) is 5.02 Å². The number of carbonyl (C=O) groups excluding carboxylic acids is 1. The highest BCUT2D eigenvalue weighted by Gasteiger charge is 2.16. The van der Waals surface area contributed by atoms with E-state index < -0.39 is 16.1 Å². The number of rotatable bonds is 10. The van der Waals surface area contributed by atoms with Crippen molar-refractivity contribution >= 4 is 45.0 Å². The highest BCUT2D eigenvalue weighted by Crippen LogP contribution is 2.24. The first-order chi connectivity index (χ1) is 14.1. The Hall–Kier alpha value is -1.97. The highest BCUT2D eigenvalue weighted by molar-refractivity contribution is 7.98. The number of nitrogens with zero attached hydrogens (tertiary/aromatic N) is 1. The van der Waals surface area contributed by atoms with Crippen LogP contribution in [0.5, 0.6) is 5.75 Å². The van der Waals surface area contributed by atoms with Crippen LogP contribution in [0.25, 0.3) is 0 Å². The van der Waals surface area contributed by atoms with Crippen molar-refractivity contribution in [3.8, 4) is 5.75 Å². The molecule has 1 unspecified atom stereocenters. The smallest absolute Gasteiger partial charge is 0.260 e. The second-order valence-corrected chi connectivity index (χ2v) is 10.1. The van der Waals surface area contributed by atoms with E-state index in [4.69, 9.17) is 16.3 Å². The van der Waals surface area contributed by atoms with Crippen molar-refractivity contribution in [1.82, 2.24) is 5.32 Å². The Morgan fingerprint density at radius 1 is 1.27 bits per heavy atom. The quantitative estimate of drug-likeness (QED) is 0.531.